The first-order valence-electron chi connectivity index (χ1n) is 5.13. The minimum Gasteiger partial charge on any atom is -0.353 e. The van der Waals surface area contributed by atoms with E-state index in [9.17, 15) is 8.42 Å². The van der Waals surface area contributed by atoms with Gasteiger partial charge in [0.05, 0.1) is 6.54 Å². The summed E-state index contributed by atoms with van der Waals surface area (Å²) in [7, 11) is -1.69. The van der Waals surface area contributed by atoms with Gasteiger partial charge in [0, 0.05) is 18.9 Å². The molecule has 0 saturated heterocycles. The molecule has 0 aromatic carbocycles. The summed E-state index contributed by atoms with van der Waals surface area (Å²) in [5.74, 6) is 0. The second kappa shape index (κ2) is 4.94. The van der Waals surface area contributed by atoms with E-state index in [0.29, 0.717) is 4.88 Å². The minimum atomic E-state index is -3.54. The highest BCUT2D eigenvalue weighted by Crippen LogP contribution is 2.20. The molecule has 94 valence electrons. The first kappa shape index (κ1) is 12.8. The van der Waals surface area contributed by atoms with E-state index in [0.717, 1.165) is 17.0 Å². The normalized spacial score (nSPS) is 11.3. The fourth-order valence-electron chi connectivity index (χ4n) is 1.44. The zero-order valence-corrected chi connectivity index (χ0v) is 11.3. The predicted octanol–water partition coefficient (Wildman–Crippen LogP) is 1.44. The molecule has 0 amide bonds. The van der Waals surface area contributed by atoms with Crippen LogP contribution < -0.4 is 4.72 Å². The first-order chi connectivity index (χ1) is 8.53. The van der Waals surface area contributed by atoms with Gasteiger partial charge in [-0.2, -0.15) is 5.26 Å². The van der Waals surface area contributed by atoms with Crippen LogP contribution in [0.25, 0.3) is 0 Å². The van der Waals surface area contributed by atoms with E-state index >= 15 is 0 Å². The van der Waals surface area contributed by atoms with Gasteiger partial charge in [-0.1, -0.05) is 0 Å². The number of hydrogen-bond donors (Lipinski definition) is 1. The largest absolute Gasteiger partial charge is 0.353 e. The summed E-state index contributed by atoms with van der Waals surface area (Å²) in [5.41, 5.74) is 0.871. The fraction of sp³-hybridized carbons (Fsp3) is 0.182. The maximum Gasteiger partial charge on any atom is 0.250 e. The van der Waals surface area contributed by atoms with Gasteiger partial charge in [0.15, 0.2) is 0 Å². The smallest absolute Gasteiger partial charge is 0.250 e. The third kappa shape index (κ3) is 2.61. The Bertz CT molecular complexity index is 692. The van der Waals surface area contributed by atoms with Gasteiger partial charge in [0.1, 0.15) is 15.2 Å². The molecule has 2 heterocycles. The second-order valence-corrected chi connectivity index (χ2v) is 6.74. The van der Waals surface area contributed by atoms with Crippen LogP contribution in [-0.2, 0) is 23.6 Å². The third-order valence-corrected chi connectivity index (χ3v) is 5.33. The minimum absolute atomic E-state index is 0.160. The van der Waals surface area contributed by atoms with Crippen LogP contribution in [0.4, 0.5) is 0 Å². The summed E-state index contributed by atoms with van der Waals surface area (Å²) in [4.78, 5) is 0.384. The Morgan fingerprint density at radius 3 is 2.78 bits per heavy atom. The molecule has 18 heavy (non-hydrogen) atoms. The van der Waals surface area contributed by atoms with Crippen molar-refractivity contribution in [2.24, 2.45) is 7.05 Å². The summed E-state index contributed by atoms with van der Waals surface area (Å²) in [6.45, 7) is 0.228. The van der Waals surface area contributed by atoms with Crippen molar-refractivity contribution in [3.63, 3.8) is 0 Å². The van der Waals surface area contributed by atoms with Crippen LogP contribution in [0.2, 0.25) is 0 Å². The topological polar surface area (TPSA) is 74.9 Å². The fourth-order valence-corrected chi connectivity index (χ4v) is 3.59. The molecule has 0 aliphatic carbocycles. The van der Waals surface area contributed by atoms with Crippen LogP contribution in [0.1, 0.15) is 10.6 Å². The number of thiophene rings is 1. The molecule has 7 heteroatoms. The lowest BCUT2D eigenvalue weighted by atomic mass is 10.4. The van der Waals surface area contributed by atoms with Crippen molar-refractivity contribution in [1.29, 1.82) is 5.26 Å². The zero-order valence-electron chi connectivity index (χ0n) is 9.62. The van der Waals surface area contributed by atoms with Crippen LogP contribution in [-0.4, -0.2) is 13.0 Å². The van der Waals surface area contributed by atoms with Crippen molar-refractivity contribution < 1.29 is 8.42 Å². The summed E-state index contributed by atoms with van der Waals surface area (Å²) in [6, 6.07) is 8.56. The Balaban J connectivity index is 2.13. The summed E-state index contributed by atoms with van der Waals surface area (Å²) in [6.07, 6.45) is 1.85. The van der Waals surface area contributed by atoms with E-state index in [1.54, 1.807) is 0 Å². The number of hydrogen-bond acceptors (Lipinski definition) is 4. The number of sulfonamides is 1. The number of rotatable bonds is 4. The molecule has 5 nitrogen and oxygen atoms in total. The number of aryl methyl sites for hydroxylation is 1. The van der Waals surface area contributed by atoms with Crippen molar-refractivity contribution in [3.8, 4) is 6.07 Å². The van der Waals surface area contributed by atoms with Gasteiger partial charge in [0.2, 0.25) is 10.0 Å². The van der Waals surface area contributed by atoms with Crippen LogP contribution in [0.3, 0.4) is 0 Å². The molecule has 0 saturated carbocycles. The molecule has 2 aromatic heterocycles. The standard InChI is InChI=1S/C11H11N3O2S2/c1-14-6-2-3-9(14)8-13-18(15,16)11-5-4-10(7-12)17-11/h2-6,13H,8H2,1H3. The number of aromatic nitrogens is 1. The van der Waals surface area contributed by atoms with Gasteiger partial charge in [-0.05, 0) is 24.3 Å². The molecule has 0 unspecified atom stereocenters. The maximum atomic E-state index is 11.9. The quantitative estimate of drug-likeness (QED) is 0.921. The van der Waals surface area contributed by atoms with Crippen molar-refractivity contribution in [3.05, 3.63) is 41.0 Å². The van der Waals surface area contributed by atoms with E-state index in [-0.39, 0.29) is 10.8 Å². The highest BCUT2D eigenvalue weighted by atomic mass is 32.2. The lowest BCUT2D eigenvalue weighted by Crippen LogP contribution is -2.23. The van der Waals surface area contributed by atoms with Crippen LogP contribution in [0.5, 0.6) is 0 Å². The number of nitrogens with one attached hydrogen (secondary N) is 1. The van der Waals surface area contributed by atoms with Gasteiger partial charge in [-0.25, -0.2) is 13.1 Å². The van der Waals surface area contributed by atoms with Crippen molar-refractivity contribution in [2.75, 3.05) is 0 Å². The molecule has 0 aliphatic rings. The average Bonchev–Trinajstić information content (AvgIpc) is 2.95. The number of nitriles is 1. The average molecular weight is 281 g/mol. The molecule has 0 aliphatic heterocycles. The summed E-state index contributed by atoms with van der Waals surface area (Å²) < 4.78 is 28.4. The Morgan fingerprint density at radius 2 is 2.22 bits per heavy atom. The summed E-state index contributed by atoms with van der Waals surface area (Å²) >= 11 is 0.963. The monoisotopic (exact) mass is 281 g/mol. The van der Waals surface area contributed by atoms with Crippen LogP contribution in [0, 0.1) is 11.3 Å². The van der Waals surface area contributed by atoms with E-state index in [2.05, 4.69) is 4.72 Å². The second-order valence-electron chi connectivity index (χ2n) is 3.67. The lowest BCUT2D eigenvalue weighted by Gasteiger charge is -2.05. The van der Waals surface area contributed by atoms with E-state index < -0.39 is 10.0 Å². The molecule has 0 bridgehead atoms. The third-order valence-electron chi connectivity index (χ3n) is 2.45. The van der Waals surface area contributed by atoms with Gasteiger partial charge < -0.3 is 4.57 Å². The van der Waals surface area contributed by atoms with E-state index in [4.69, 9.17) is 5.26 Å². The first-order valence-corrected chi connectivity index (χ1v) is 7.43. The molecule has 1 N–H and O–H groups in total. The van der Waals surface area contributed by atoms with Gasteiger partial charge in [-0.3, -0.25) is 0 Å². The Kier molecular flexibility index (Phi) is 3.52. The summed E-state index contributed by atoms with van der Waals surface area (Å²) in [5, 5.41) is 8.68. The van der Waals surface area contributed by atoms with Crippen LogP contribution in [0.15, 0.2) is 34.7 Å². The van der Waals surface area contributed by atoms with Crippen molar-refractivity contribution in [2.45, 2.75) is 10.8 Å². The molecule has 0 fully saturated rings. The van der Waals surface area contributed by atoms with Crippen LogP contribution >= 0.6 is 11.3 Å². The molecule has 0 spiro atoms. The zero-order chi connectivity index (χ0) is 13.2. The maximum absolute atomic E-state index is 11.9. The molecule has 2 rings (SSSR count). The highest BCUT2D eigenvalue weighted by Gasteiger charge is 2.16. The molecule has 0 atom stereocenters. The Labute approximate surface area is 109 Å². The van der Waals surface area contributed by atoms with Crippen molar-refractivity contribution in [1.82, 2.24) is 9.29 Å². The molecular weight excluding hydrogens is 270 g/mol. The van der Waals surface area contributed by atoms with Gasteiger partial charge >= 0.3 is 0 Å². The molecule has 2 aromatic rings. The van der Waals surface area contributed by atoms with E-state index in [1.807, 2.05) is 36.0 Å². The highest BCUT2D eigenvalue weighted by molar-refractivity contribution is 7.91. The molecular formula is C11H11N3O2S2. The molecule has 0 radical (unpaired) electrons. The number of nitrogens with zero attached hydrogens (tertiary/aromatic N) is 2. The predicted molar refractivity (Wildman–Crippen MR) is 68.5 cm³/mol. The Hall–Kier alpha value is -1.62. The SMILES string of the molecule is Cn1cccc1CNS(=O)(=O)c1ccc(C#N)s1. The van der Waals surface area contributed by atoms with Crippen molar-refractivity contribution >= 4 is 21.4 Å². The lowest BCUT2D eigenvalue weighted by molar-refractivity contribution is 0.581. The van der Waals surface area contributed by atoms with Gasteiger partial charge in [-0.15, -0.1) is 11.3 Å². The Morgan fingerprint density at radius 1 is 1.44 bits per heavy atom. The van der Waals surface area contributed by atoms with E-state index in [1.165, 1.54) is 12.1 Å². The van der Waals surface area contributed by atoms with Gasteiger partial charge in [0.25, 0.3) is 0 Å².